The minimum absolute atomic E-state index is 0.0178. The SMILES string of the molecule is CNC(=O)CCNc1ncc(Br)cc1Cl. The second kappa shape index (κ2) is 5.92. The number of nitrogens with one attached hydrogen (secondary N) is 2. The molecule has 1 heterocycles. The Morgan fingerprint density at radius 2 is 2.40 bits per heavy atom. The van der Waals surface area contributed by atoms with Gasteiger partial charge in [0.15, 0.2) is 0 Å². The highest BCUT2D eigenvalue weighted by atomic mass is 79.9. The van der Waals surface area contributed by atoms with Gasteiger partial charge < -0.3 is 10.6 Å². The molecule has 1 aromatic heterocycles. The van der Waals surface area contributed by atoms with E-state index >= 15 is 0 Å². The first-order chi connectivity index (χ1) is 7.13. The van der Waals surface area contributed by atoms with Gasteiger partial charge in [-0.15, -0.1) is 0 Å². The molecule has 1 rings (SSSR count). The number of aromatic nitrogens is 1. The maximum atomic E-state index is 10.9. The number of pyridine rings is 1. The predicted molar refractivity (Wildman–Crippen MR) is 64.1 cm³/mol. The molecule has 2 N–H and O–H groups in total. The van der Waals surface area contributed by atoms with Gasteiger partial charge in [-0.2, -0.15) is 0 Å². The number of halogens is 2. The number of hydrogen-bond donors (Lipinski definition) is 2. The quantitative estimate of drug-likeness (QED) is 0.893. The van der Waals surface area contributed by atoms with Crippen molar-refractivity contribution in [2.75, 3.05) is 18.9 Å². The average Bonchev–Trinajstić information content (AvgIpc) is 2.21. The topological polar surface area (TPSA) is 54.0 Å². The normalized spacial score (nSPS) is 9.80. The smallest absolute Gasteiger partial charge is 0.221 e. The standard InChI is InChI=1S/C9H11BrClN3O/c1-12-8(15)2-3-13-9-7(11)4-6(10)5-14-9/h4-5H,2-3H2,1H3,(H,12,15)(H,13,14). The van der Waals surface area contributed by atoms with E-state index < -0.39 is 0 Å². The fourth-order valence-corrected chi connectivity index (χ4v) is 1.66. The van der Waals surface area contributed by atoms with Gasteiger partial charge in [-0.25, -0.2) is 4.98 Å². The summed E-state index contributed by atoms with van der Waals surface area (Å²) < 4.78 is 0.823. The Hall–Kier alpha value is -0.810. The minimum Gasteiger partial charge on any atom is -0.368 e. The van der Waals surface area contributed by atoms with Crippen molar-refractivity contribution in [1.29, 1.82) is 0 Å². The van der Waals surface area contributed by atoms with Gasteiger partial charge in [0, 0.05) is 30.7 Å². The Morgan fingerprint density at radius 1 is 1.67 bits per heavy atom. The van der Waals surface area contributed by atoms with Crippen molar-refractivity contribution in [2.45, 2.75) is 6.42 Å². The Labute approximate surface area is 102 Å². The molecule has 0 saturated carbocycles. The first-order valence-electron chi connectivity index (χ1n) is 4.39. The summed E-state index contributed by atoms with van der Waals surface area (Å²) in [6.07, 6.45) is 2.04. The summed E-state index contributed by atoms with van der Waals surface area (Å²) in [5.74, 6) is 0.569. The Kier molecular flexibility index (Phi) is 4.84. The van der Waals surface area contributed by atoms with Gasteiger partial charge in [0.1, 0.15) is 5.82 Å². The third-order valence-corrected chi connectivity index (χ3v) is 2.45. The Morgan fingerprint density at radius 3 is 3.00 bits per heavy atom. The maximum absolute atomic E-state index is 10.9. The first kappa shape index (κ1) is 12.3. The monoisotopic (exact) mass is 291 g/mol. The van der Waals surface area contributed by atoms with Crippen LogP contribution in [0.25, 0.3) is 0 Å². The van der Waals surface area contributed by atoms with Crippen molar-refractivity contribution < 1.29 is 4.79 Å². The molecule has 1 amide bonds. The molecular weight excluding hydrogens is 281 g/mol. The molecule has 6 heteroatoms. The molecule has 0 aromatic carbocycles. The van der Waals surface area contributed by atoms with E-state index in [1.54, 1.807) is 19.3 Å². The van der Waals surface area contributed by atoms with Crippen LogP contribution in [0.5, 0.6) is 0 Å². The van der Waals surface area contributed by atoms with Gasteiger partial charge >= 0.3 is 0 Å². The number of anilines is 1. The van der Waals surface area contributed by atoms with Crippen molar-refractivity contribution >= 4 is 39.3 Å². The zero-order valence-electron chi connectivity index (χ0n) is 8.18. The highest BCUT2D eigenvalue weighted by Crippen LogP contribution is 2.22. The molecule has 0 unspecified atom stereocenters. The molecule has 0 aliphatic heterocycles. The van der Waals surface area contributed by atoms with Crippen LogP contribution in [-0.4, -0.2) is 24.5 Å². The number of carbonyl (C=O) groups excluding carboxylic acids is 1. The van der Waals surface area contributed by atoms with E-state index in [0.717, 1.165) is 4.47 Å². The molecular formula is C9H11BrClN3O. The van der Waals surface area contributed by atoms with E-state index in [2.05, 4.69) is 31.5 Å². The van der Waals surface area contributed by atoms with Gasteiger partial charge in [-0.1, -0.05) is 11.6 Å². The van der Waals surface area contributed by atoms with E-state index in [0.29, 0.717) is 23.8 Å². The summed E-state index contributed by atoms with van der Waals surface area (Å²) in [6, 6.07) is 1.75. The number of rotatable bonds is 4. The van der Waals surface area contributed by atoms with E-state index in [9.17, 15) is 4.79 Å². The molecule has 4 nitrogen and oxygen atoms in total. The number of nitrogens with zero attached hydrogens (tertiary/aromatic N) is 1. The largest absolute Gasteiger partial charge is 0.368 e. The lowest BCUT2D eigenvalue weighted by Gasteiger charge is -2.06. The summed E-state index contributed by atoms with van der Waals surface area (Å²) in [4.78, 5) is 15.0. The summed E-state index contributed by atoms with van der Waals surface area (Å²) in [5, 5.41) is 6.04. The van der Waals surface area contributed by atoms with E-state index in [1.807, 2.05) is 0 Å². The first-order valence-corrected chi connectivity index (χ1v) is 5.56. The third kappa shape index (κ3) is 4.05. The van der Waals surface area contributed by atoms with Gasteiger partial charge in [0.2, 0.25) is 5.91 Å². The zero-order chi connectivity index (χ0) is 11.3. The molecule has 0 saturated heterocycles. The summed E-state index contributed by atoms with van der Waals surface area (Å²) in [5.41, 5.74) is 0. The van der Waals surface area contributed by atoms with Crippen LogP contribution in [0.4, 0.5) is 5.82 Å². The van der Waals surface area contributed by atoms with Crippen LogP contribution in [0.1, 0.15) is 6.42 Å². The lowest BCUT2D eigenvalue weighted by molar-refractivity contribution is -0.120. The average molecular weight is 293 g/mol. The van der Waals surface area contributed by atoms with Crippen LogP contribution in [-0.2, 0) is 4.79 Å². The van der Waals surface area contributed by atoms with Crippen LogP contribution in [0, 0.1) is 0 Å². The van der Waals surface area contributed by atoms with E-state index in [1.165, 1.54) is 0 Å². The van der Waals surface area contributed by atoms with Gasteiger partial charge in [-0.3, -0.25) is 4.79 Å². The van der Waals surface area contributed by atoms with Crippen molar-refractivity contribution in [3.05, 3.63) is 21.8 Å². The van der Waals surface area contributed by atoms with Crippen LogP contribution < -0.4 is 10.6 Å². The van der Waals surface area contributed by atoms with E-state index in [-0.39, 0.29) is 5.91 Å². The second-order valence-electron chi connectivity index (χ2n) is 2.83. The summed E-state index contributed by atoms with van der Waals surface area (Å²) >= 11 is 9.18. The minimum atomic E-state index is -0.0178. The van der Waals surface area contributed by atoms with Crippen molar-refractivity contribution in [3.63, 3.8) is 0 Å². The number of hydrogen-bond acceptors (Lipinski definition) is 3. The van der Waals surface area contributed by atoms with Crippen LogP contribution in [0.15, 0.2) is 16.7 Å². The van der Waals surface area contributed by atoms with Gasteiger partial charge in [-0.05, 0) is 22.0 Å². The summed E-state index contributed by atoms with van der Waals surface area (Å²) in [6.45, 7) is 0.508. The highest BCUT2D eigenvalue weighted by molar-refractivity contribution is 9.10. The molecule has 15 heavy (non-hydrogen) atoms. The van der Waals surface area contributed by atoms with Gasteiger partial charge in [0.25, 0.3) is 0 Å². The van der Waals surface area contributed by atoms with Gasteiger partial charge in [0.05, 0.1) is 5.02 Å². The second-order valence-corrected chi connectivity index (χ2v) is 4.16. The third-order valence-electron chi connectivity index (χ3n) is 1.73. The summed E-state index contributed by atoms with van der Waals surface area (Å²) in [7, 11) is 1.60. The number of amides is 1. The molecule has 0 bridgehead atoms. The van der Waals surface area contributed by atoms with Crippen molar-refractivity contribution in [2.24, 2.45) is 0 Å². The fourth-order valence-electron chi connectivity index (χ4n) is 0.964. The van der Waals surface area contributed by atoms with Crippen molar-refractivity contribution in [1.82, 2.24) is 10.3 Å². The Bertz CT molecular complexity index is 359. The highest BCUT2D eigenvalue weighted by Gasteiger charge is 2.03. The van der Waals surface area contributed by atoms with E-state index in [4.69, 9.17) is 11.6 Å². The lowest BCUT2D eigenvalue weighted by atomic mass is 10.4. The molecule has 82 valence electrons. The lowest BCUT2D eigenvalue weighted by Crippen LogP contribution is -2.21. The molecule has 1 aromatic rings. The van der Waals surface area contributed by atoms with Crippen LogP contribution >= 0.6 is 27.5 Å². The predicted octanol–water partition coefficient (Wildman–Crippen LogP) is 2.05. The zero-order valence-corrected chi connectivity index (χ0v) is 10.5. The molecule has 0 spiro atoms. The Balaban J connectivity index is 2.47. The number of carbonyl (C=O) groups is 1. The fraction of sp³-hybridized carbons (Fsp3) is 0.333. The van der Waals surface area contributed by atoms with Crippen LogP contribution in [0.2, 0.25) is 5.02 Å². The van der Waals surface area contributed by atoms with Crippen molar-refractivity contribution in [3.8, 4) is 0 Å². The van der Waals surface area contributed by atoms with Crippen LogP contribution in [0.3, 0.4) is 0 Å². The molecule has 0 atom stereocenters. The molecule has 0 fully saturated rings. The maximum Gasteiger partial charge on any atom is 0.221 e. The molecule has 0 radical (unpaired) electrons. The molecule has 0 aliphatic carbocycles. The molecule has 0 aliphatic rings.